The van der Waals surface area contributed by atoms with Crippen molar-refractivity contribution in [2.75, 3.05) is 19.6 Å². The Morgan fingerprint density at radius 2 is 1.72 bits per heavy atom. The highest BCUT2D eigenvalue weighted by Gasteiger charge is 2.33. The predicted octanol–water partition coefficient (Wildman–Crippen LogP) is 3.52. The maximum absolute atomic E-state index is 13.1. The summed E-state index contributed by atoms with van der Waals surface area (Å²) in [6, 6.07) is 8.25. The van der Waals surface area contributed by atoms with E-state index in [1.54, 1.807) is 6.92 Å². The molecule has 1 aromatic carbocycles. The zero-order valence-electron chi connectivity index (χ0n) is 14.9. The first-order valence-electron chi connectivity index (χ1n) is 9.35. The smallest absolute Gasteiger partial charge is 0.226 e. The molecule has 0 bridgehead atoms. The summed E-state index contributed by atoms with van der Waals surface area (Å²) in [5.74, 6) is 0.479. The lowest BCUT2D eigenvalue weighted by molar-refractivity contribution is -0.143. The molecule has 4 nitrogen and oxygen atoms in total. The van der Waals surface area contributed by atoms with Gasteiger partial charge >= 0.3 is 0 Å². The Balaban J connectivity index is 1.63. The predicted molar refractivity (Wildman–Crippen MR) is 99.5 cm³/mol. The third-order valence-corrected chi connectivity index (χ3v) is 5.84. The van der Waals surface area contributed by atoms with Crippen LogP contribution in [0.15, 0.2) is 24.3 Å². The summed E-state index contributed by atoms with van der Waals surface area (Å²) in [5, 5.41) is 0.748. The van der Waals surface area contributed by atoms with E-state index in [9.17, 15) is 9.59 Å². The second-order valence-electron chi connectivity index (χ2n) is 7.29. The third-order valence-electron chi connectivity index (χ3n) is 5.58. The topological polar surface area (TPSA) is 40.6 Å². The van der Waals surface area contributed by atoms with Gasteiger partial charge in [0.25, 0.3) is 0 Å². The Labute approximate surface area is 155 Å². The fourth-order valence-corrected chi connectivity index (χ4v) is 4.20. The molecule has 1 unspecified atom stereocenters. The van der Waals surface area contributed by atoms with Gasteiger partial charge in [-0.05, 0) is 56.2 Å². The van der Waals surface area contributed by atoms with Crippen LogP contribution in [0, 0.1) is 5.92 Å². The van der Waals surface area contributed by atoms with Gasteiger partial charge in [0.15, 0.2) is 0 Å². The highest BCUT2D eigenvalue weighted by Crippen LogP contribution is 2.27. The summed E-state index contributed by atoms with van der Waals surface area (Å²) in [6.07, 6.45) is 5.83. The van der Waals surface area contributed by atoms with E-state index in [4.69, 9.17) is 11.6 Å². The SMILES string of the molecule is CC(=O)N1CCC(C(=O)N2CCCCC2Cc2ccc(Cl)cc2)CC1. The summed E-state index contributed by atoms with van der Waals surface area (Å²) in [7, 11) is 0. The van der Waals surface area contributed by atoms with Crippen LogP contribution in [-0.2, 0) is 16.0 Å². The van der Waals surface area contributed by atoms with E-state index in [0.717, 1.165) is 43.7 Å². The van der Waals surface area contributed by atoms with Crippen molar-refractivity contribution in [2.45, 2.75) is 51.5 Å². The summed E-state index contributed by atoms with van der Waals surface area (Å²) in [5.41, 5.74) is 1.24. The van der Waals surface area contributed by atoms with Gasteiger partial charge in [-0.1, -0.05) is 23.7 Å². The van der Waals surface area contributed by atoms with Crippen molar-refractivity contribution >= 4 is 23.4 Å². The zero-order chi connectivity index (χ0) is 17.8. The number of piperidine rings is 2. The number of rotatable bonds is 3. The van der Waals surface area contributed by atoms with Gasteiger partial charge in [-0.25, -0.2) is 0 Å². The normalized spacial score (nSPS) is 22.1. The van der Waals surface area contributed by atoms with Gasteiger partial charge in [-0.3, -0.25) is 9.59 Å². The van der Waals surface area contributed by atoms with E-state index >= 15 is 0 Å². The van der Waals surface area contributed by atoms with Crippen molar-refractivity contribution in [3.63, 3.8) is 0 Å². The van der Waals surface area contributed by atoms with Gasteiger partial charge in [-0.15, -0.1) is 0 Å². The van der Waals surface area contributed by atoms with Crippen molar-refractivity contribution in [3.8, 4) is 0 Å². The summed E-state index contributed by atoms with van der Waals surface area (Å²) in [6.45, 7) is 3.89. The third kappa shape index (κ3) is 4.55. The molecule has 3 rings (SSSR count). The number of hydrogen-bond acceptors (Lipinski definition) is 2. The van der Waals surface area contributed by atoms with Crippen LogP contribution < -0.4 is 0 Å². The van der Waals surface area contributed by atoms with E-state index in [1.807, 2.05) is 17.0 Å². The number of amides is 2. The summed E-state index contributed by atoms with van der Waals surface area (Å²) >= 11 is 5.98. The maximum atomic E-state index is 13.1. The Bertz CT molecular complexity index is 609. The zero-order valence-corrected chi connectivity index (χ0v) is 15.7. The van der Waals surface area contributed by atoms with Gasteiger partial charge < -0.3 is 9.80 Å². The molecular formula is C20H27ClN2O2. The van der Waals surface area contributed by atoms with Crippen LogP contribution in [0.1, 0.15) is 44.6 Å². The van der Waals surface area contributed by atoms with E-state index in [0.29, 0.717) is 19.0 Å². The molecule has 25 heavy (non-hydrogen) atoms. The maximum Gasteiger partial charge on any atom is 0.226 e. The molecule has 0 aliphatic carbocycles. The lowest BCUT2D eigenvalue weighted by atomic mass is 9.90. The molecule has 136 valence electrons. The fraction of sp³-hybridized carbons (Fsp3) is 0.600. The van der Waals surface area contributed by atoms with Gasteiger partial charge in [0.05, 0.1) is 0 Å². The minimum atomic E-state index is 0.0708. The molecule has 0 N–H and O–H groups in total. The monoisotopic (exact) mass is 362 g/mol. The number of halogens is 1. The lowest BCUT2D eigenvalue weighted by Gasteiger charge is -2.40. The number of nitrogens with zero attached hydrogens (tertiary/aromatic N) is 2. The number of carbonyl (C=O) groups excluding carboxylic acids is 2. The highest BCUT2D eigenvalue weighted by molar-refractivity contribution is 6.30. The van der Waals surface area contributed by atoms with Crippen molar-refractivity contribution in [2.24, 2.45) is 5.92 Å². The van der Waals surface area contributed by atoms with Crippen molar-refractivity contribution in [3.05, 3.63) is 34.9 Å². The molecule has 0 aromatic heterocycles. The number of carbonyl (C=O) groups is 2. The van der Waals surface area contributed by atoms with E-state index in [1.165, 1.54) is 12.0 Å². The van der Waals surface area contributed by atoms with Crippen LogP contribution in [-0.4, -0.2) is 47.3 Å². The van der Waals surface area contributed by atoms with Crippen LogP contribution in [0.2, 0.25) is 5.02 Å². The van der Waals surface area contributed by atoms with Crippen molar-refractivity contribution in [1.82, 2.24) is 9.80 Å². The minimum Gasteiger partial charge on any atom is -0.343 e. The van der Waals surface area contributed by atoms with Gasteiger partial charge in [0.1, 0.15) is 0 Å². The molecule has 0 spiro atoms. The summed E-state index contributed by atoms with van der Waals surface area (Å²) < 4.78 is 0. The largest absolute Gasteiger partial charge is 0.343 e. The van der Waals surface area contributed by atoms with E-state index in [-0.39, 0.29) is 17.9 Å². The molecule has 0 radical (unpaired) electrons. The number of likely N-dealkylation sites (tertiary alicyclic amines) is 2. The van der Waals surface area contributed by atoms with Gasteiger partial charge in [-0.2, -0.15) is 0 Å². The Morgan fingerprint density at radius 3 is 2.36 bits per heavy atom. The molecule has 1 aromatic rings. The van der Waals surface area contributed by atoms with Crippen LogP contribution in [0.5, 0.6) is 0 Å². The fourth-order valence-electron chi connectivity index (χ4n) is 4.07. The van der Waals surface area contributed by atoms with Crippen LogP contribution >= 0.6 is 11.6 Å². The lowest BCUT2D eigenvalue weighted by Crippen LogP contribution is -2.50. The average Bonchev–Trinajstić information content (AvgIpc) is 2.63. The average molecular weight is 363 g/mol. The van der Waals surface area contributed by atoms with Crippen molar-refractivity contribution < 1.29 is 9.59 Å². The Kier molecular flexibility index (Phi) is 6.00. The van der Waals surface area contributed by atoms with Crippen molar-refractivity contribution in [1.29, 1.82) is 0 Å². The second-order valence-corrected chi connectivity index (χ2v) is 7.73. The van der Waals surface area contributed by atoms with Crippen LogP contribution in [0.3, 0.4) is 0 Å². The Hall–Kier alpha value is -1.55. The summed E-state index contributed by atoms with van der Waals surface area (Å²) in [4.78, 5) is 28.5. The van der Waals surface area contributed by atoms with E-state index in [2.05, 4.69) is 17.0 Å². The first kappa shape index (κ1) is 18.2. The molecule has 2 saturated heterocycles. The molecule has 0 saturated carbocycles. The number of benzene rings is 1. The second kappa shape index (κ2) is 8.22. The quantitative estimate of drug-likeness (QED) is 0.825. The molecule has 2 amide bonds. The van der Waals surface area contributed by atoms with Crippen LogP contribution in [0.4, 0.5) is 0 Å². The van der Waals surface area contributed by atoms with Gasteiger partial charge in [0.2, 0.25) is 11.8 Å². The standard InChI is InChI=1S/C20H27ClN2O2/c1-15(24)22-12-9-17(10-13-22)20(25)23-11-3-2-4-19(23)14-16-5-7-18(21)8-6-16/h5-8,17,19H,2-4,9-14H2,1H3. The van der Waals surface area contributed by atoms with E-state index < -0.39 is 0 Å². The molecule has 2 heterocycles. The molecule has 2 aliphatic heterocycles. The van der Waals surface area contributed by atoms with Gasteiger partial charge in [0, 0.05) is 43.5 Å². The molecule has 1 atom stereocenters. The first-order valence-corrected chi connectivity index (χ1v) is 9.73. The molecule has 5 heteroatoms. The first-order chi connectivity index (χ1) is 12.0. The molecular weight excluding hydrogens is 336 g/mol. The minimum absolute atomic E-state index is 0.0708. The Morgan fingerprint density at radius 1 is 1.04 bits per heavy atom. The van der Waals surface area contributed by atoms with Crippen LogP contribution in [0.25, 0.3) is 0 Å². The molecule has 2 fully saturated rings. The highest BCUT2D eigenvalue weighted by atomic mass is 35.5. The molecule has 2 aliphatic rings. The number of hydrogen-bond donors (Lipinski definition) is 0.